The van der Waals surface area contributed by atoms with Gasteiger partial charge >= 0.3 is 6.03 Å². The average molecular weight is 419 g/mol. The molecular weight excluding hydrogens is 396 g/mol. The van der Waals surface area contributed by atoms with Crippen LogP contribution in [0.15, 0.2) is 35.4 Å². The predicted octanol–water partition coefficient (Wildman–Crippen LogP) is 3.68. The Balaban J connectivity index is 1.49. The van der Waals surface area contributed by atoms with Gasteiger partial charge in [0.2, 0.25) is 5.91 Å². The van der Waals surface area contributed by atoms with Crippen LogP contribution in [0, 0.1) is 13.8 Å². The quantitative estimate of drug-likeness (QED) is 0.776. The molecule has 8 heteroatoms. The molecule has 0 saturated carbocycles. The van der Waals surface area contributed by atoms with E-state index in [4.69, 9.17) is 11.6 Å². The Morgan fingerprint density at radius 1 is 1.25 bits per heavy atom. The van der Waals surface area contributed by atoms with Gasteiger partial charge < -0.3 is 10.6 Å². The lowest BCUT2D eigenvalue weighted by Crippen LogP contribution is -2.44. The van der Waals surface area contributed by atoms with Gasteiger partial charge in [-0.3, -0.25) is 9.69 Å². The van der Waals surface area contributed by atoms with Crippen LogP contribution < -0.4 is 15.5 Å². The predicted molar refractivity (Wildman–Crippen MR) is 113 cm³/mol. The number of nitrogens with zero attached hydrogens (tertiary/aromatic N) is 2. The fraction of sp³-hybridized carbons (Fsp3) is 0.350. The molecule has 1 aromatic carbocycles. The molecule has 2 N–H and O–H groups in total. The van der Waals surface area contributed by atoms with Crippen LogP contribution in [-0.2, 0) is 11.3 Å². The van der Waals surface area contributed by atoms with Gasteiger partial charge in [-0.2, -0.15) is 0 Å². The Morgan fingerprint density at radius 3 is 2.86 bits per heavy atom. The summed E-state index contributed by atoms with van der Waals surface area (Å²) in [6.07, 6.45) is 0.215. The fourth-order valence-corrected chi connectivity index (χ4v) is 4.38. The van der Waals surface area contributed by atoms with E-state index in [0.717, 1.165) is 33.3 Å². The molecule has 0 unspecified atom stereocenters. The summed E-state index contributed by atoms with van der Waals surface area (Å²) < 4.78 is 0. The molecule has 3 rings (SSSR count). The van der Waals surface area contributed by atoms with E-state index >= 15 is 0 Å². The van der Waals surface area contributed by atoms with E-state index in [9.17, 15) is 9.59 Å². The number of anilines is 1. The highest BCUT2D eigenvalue weighted by Gasteiger charge is 2.26. The molecule has 28 heavy (non-hydrogen) atoms. The second kappa shape index (κ2) is 9.30. The Kier molecular flexibility index (Phi) is 6.80. The Hall–Kier alpha value is -2.25. The fourth-order valence-electron chi connectivity index (χ4n) is 3.09. The first-order chi connectivity index (χ1) is 13.4. The van der Waals surface area contributed by atoms with Crippen molar-refractivity contribution in [1.82, 2.24) is 15.6 Å². The summed E-state index contributed by atoms with van der Waals surface area (Å²) in [5, 5.41) is 7.20. The SMILES string of the molecule is Cc1cc(C)c2c(n1)SCCN2C(=O)NCCC(=O)NCc1cccc(Cl)c1. The highest BCUT2D eigenvalue weighted by molar-refractivity contribution is 7.99. The van der Waals surface area contributed by atoms with Crippen molar-refractivity contribution in [2.24, 2.45) is 0 Å². The lowest BCUT2D eigenvalue weighted by atomic mass is 10.2. The summed E-state index contributed by atoms with van der Waals surface area (Å²) in [6.45, 7) is 5.25. The van der Waals surface area contributed by atoms with Gasteiger partial charge in [-0.15, -0.1) is 11.8 Å². The maximum absolute atomic E-state index is 12.6. The molecule has 2 aromatic rings. The number of fused-ring (bicyclic) bond motifs is 1. The maximum Gasteiger partial charge on any atom is 0.322 e. The molecule has 1 aliphatic heterocycles. The molecule has 1 aliphatic rings. The van der Waals surface area contributed by atoms with Crippen molar-refractivity contribution in [3.63, 3.8) is 0 Å². The number of aryl methyl sites for hydroxylation is 2. The number of amides is 3. The van der Waals surface area contributed by atoms with Crippen LogP contribution in [0.2, 0.25) is 5.02 Å². The lowest BCUT2D eigenvalue weighted by Gasteiger charge is -2.30. The summed E-state index contributed by atoms with van der Waals surface area (Å²) in [5.41, 5.74) is 3.78. The second-order valence-corrected chi connectivity index (χ2v) is 8.14. The van der Waals surface area contributed by atoms with E-state index in [1.165, 1.54) is 0 Å². The molecule has 0 bridgehead atoms. The number of rotatable bonds is 5. The van der Waals surface area contributed by atoms with Gasteiger partial charge in [-0.05, 0) is 43.2 Å². The Bertz CT molecular complexity index is 891. The van der Waals surface area contributed by atoms with Crippen molar-refractivity contribution in [2.75, 3.05) is 23.7 Å². The summed E-state index contributed by atoms with van der Waals surface area (Å²) >= 11 is 7.60. The Labute approximate surface area is 174 Å². The van der Waals surface area contributed by atoms with Crippen LogP contribution in [-0.4, -0.2) is 35.8 Å². The minimum atomic E-state index is -0.196. The lowest BCUT2D eigenvalue weighted by molar-refractivity contribution is -0.121. The second-order valence-electron chi connectivity index (χ2n) is 6.62. The van der Waals surface area contributed by atoms with Crippen molar-refractivity contribution in [2.45, 2.75) is 31.8 Å². The molecule has 1 aromatic heterocycles. The van der Waals surface area contributed by atoms with Crippen molar-refractivity contribution in [3.05, 3.63) is 52.2 Å². The largest absolute Gasteiger partial charge is 0.352 e. The van der Waals surface area contributed by atoms with E-state index in [-0.39, 0.29) is 24.9 Å². The van der Waals surface area contributed by atoms with Crippen molar-refractivity contribution in [3.8, 4) is 0 Å². The zero-order valence-electron chi connectivity index (χ0n) is 15.9. The summed E-state index contributed by atoms with van der Waals surface area (Å²) in [6, 6.07) is 9.13. The van der Waals surface area contributed by atoms with Gasteiger partial charge in [0.15, 0.2) is 0 Å². The third kappa shape index (κ3) is 5.17. The number of halogens is 1. The molecule has 2 heterocycles. The van der Waals surface area contributed by atoms with Gasteiger partial charge in [0.05, 0.1) is 5.69 Å². The molecule has 0 fully saturated rings. The molecule has 0 radical (unpaired) electrons. The van der Waals surface area contributed by atoms with Crippen molar-refractivity contribution < 1.29 is 9.59 Å². The monoisotopic (exact) mass is 418 g/mol. The van der Waals surface area contributed by atoms with Crippen LogP contribution in [0.25, 0.3) is 0 Å². The molecular formula is C20H23ClN4O2S. The number of hydrogen-bond acceptors (Lipinski definition) is 4. The summed E-state index contributed by atoms with van der Waals surface area (Å²) in [4.78, 5) is 30.9. The number of nitrogens with one attached hydrogen (secondary N) is 2. The van der Waals surface area contributed by atoms with Gasteiger partial charge in [-0.25, -0.2) is 9.78 Å². The first kappa shape index (κ1) is 20.5. The number of hydrogen-bond donors (Lipinski definition) is 2. The number of benzene rings is 1. The van der Waals surface area contributed by atoms with Crippen LogP contribution in [0.3, 0.4) is 0 Å². The third-order valence-electron chi connectivity index (χ3n) is 4.36. The van der Waals surface area contributed by atoms with E-state index in [1.54, 1.807) is 22.7 Å². The van der Waals surface area contributed by atoms with Gasteiger partial charge in [-0.1, -0.05) is 23.7 Å². The minimum absolute atomic E-state index is 0.122. The van der Waals surface area contributed by atoms with Crippen LogP contribution in [0.5, 0.6) is 0 Å². The summed E-state index contributed by atoms with van der Waals surface area (Å²) in [5.74, 6) is 0.680. The maximum atomic E-state index is 12.6. The van der Waals surface area contributed by atoms with Crippen molar-refractivity contribution in [1.29, 1.82) is 0 Å². The highest BCUT2D eigenvalue weighted by atomic mass is 35.5. The highest BCUT2D eigenvalue weighted by Crippen LogP contribution is 2.36. The number of carbonyl (C=O) groups excluding carboxylic acids is 2. The molecule has 3 amide bonds. The zero-order valence-corrected chi connectivity index (χ0v) is 17.5. The smallest absolute Gasteiger partial charge is 0.322 e. The van der Waals surface area contributed by atoms with E-state index in [0.29, 0.717) is 18.1 Å². The van der Waals surface area contributed by atoms with Gasteiger partial charge in [0.1, 0.15) is 5.03 Å². The zero-order chi connectivity index (χ0) is 20.1. The van der Waals surface area contributed by atoms with E-state index in [2.05, 4.69) is 15.6 Å². The number of thioether (sulfide) groups is 1. The Morgan fingerprint density at radius 2 is 2.07 bits per heavy atom. The molecule has 0 spiro atoms. The van der Waals surface area contributed by atoms with Crippen molar-refractivity contribution >= 4 is 41.0 Å². The molecule has 0 saturated heterocycles. The van der Waals surface area contributed by atoms with Crippen LogP contribution in [0.1, 0.15) is 23.2 Å². The number of carbonyl (C=O) groups is 2. The standard InChI is InChI=1S/C20H23ClN4O2S/c1-13-10-14(2)24-19-18(13)25(8-9-28-19)20(27)22-7-6-17(26)23-12-15-4-3-5-16(21)11-15/h3-5,10-11H,6-9,12H2,1-2H3,(H,22,27)(H,23,26). The van der Waals surface area contributed by atoms with E-state index < -0.39 is 0 Å². The molecule has 0 aliphatic carbocycles. The topological polar surface area (TPSA) is 74.3 Å². The van der Waals surface area contributed by atoms with E-state index in [1.807, 2.05) is 38.1 Å². The first-order valence-electron chi connectivity index (χ1n) is 9.11. The molecule has 6 nitrogen and oxygen atoms in total. The number of aromatic nitrogens is 1. The van der Waals surface area contributed by atoms with Crippen LogP contribution >= 0.6 is 23.4 Å². The average Bonchev–Trinajstić information content (AvgIpc) is 2.65. The minimum Gasteiger partial charge on any atom is -0.352 e. The number of urea groups is 1. The molecule has 0 atom stereocenters. The van der Waals surface area contributed by atoms with Gasteiger partial charge in [0, 0.05) is 42.5 Å². The van der Waals surface area contributed by atoms with Crippen LogP contribution in [0.4, 0.5) is 10.5 Å². The third-order valence-corrected chi connectivity index (χ3v) is 5.54. The van der Waals surface area contributed by atoms with Gasteiger partial charge in [0.25, 0.3) is 0 Å². The summed E-state index contributed by atoms with van der Waals surface area (Å²) in [7, 11) is 0. The number of pyridine rings is 1. The first-order valence-corrected chi connectivity index (χ1v) is 10.5. The molecule has 148 valence electrons. The normalized spacial score (nSPS) is 13.0.